The number of aliphatic carboxylic acids is 1. The number of amides is 2. The zero-order valence-corrected chi connectivity index (χ0v) is 18.3. The summed E-state index contributed by atoms with van der Waals surface area (Å²) in [7, 11) is 0. The highest BCUT2D eigenvalue weighted by molar-refractivity contribution is 5.92. The van der Waals surface area contributed by atoms with Gasteiger partial charge in [-0.15, -0.1) is 0 Å². The third-order valence-electron chi connectivity index (χ3n) is 4.97. The lowest BCUT2D eigenvalue weighted by Crippen LogP contribution is -2.55. The van der Waals surface area contributed by atoms with Crippen molar-refractivity contribution in [3.63, 3.8) is 0 Å². The molecule has 0 spiro atoms. The SMILES string of the molecule is CC(C)C[C@H](NC(=O)[C@H](Cc1ccc(O)cc1)NC(=O)[C@@H](N)Cc1ccccc1)C(=O)O. The number of carboxylic acids is 1. The number of phenols is 1. The summed E-state index contributed by atoms with van der Waals surface area (Å²) in [6, 6.07) is 12.5. The molecule has 0 aromatic heterocycles. The Balaban J connectivity index is 2.15. The maximum absolute atomic E-state index is 12.9. The Bertz CT molecular complexity index is 900. The predicted molar refractivity (Wildman–Crippen MR) is 121 cm³/mol. The standard InChI is InChI=1S/C24H31N3O5/c1-15(2)12-21(24(31)32)27-23(30)20(14-17-8-10-18(28)11-9-17)26-22(29)19(25)13-16-6-4-3-5-7-16/h3-11,15,19-21,28H,12-14,25H2,1-2H3,(H,26,29)(H,27,30)(H,31,32)/t19-,20-,21-/m0/s1. The molecular formula is C24H31N3O5. The van der Waals surface area contributed by atoms with Crippen molar-refractivity contribution in [1.82, 2.24) is 10.6 Å². The van der Waals surface area contributed by atoms with Gasteiger partial charge in [-0.05, 0) is 42.0 Å². The number of hydrogen-bond acceptors (Lipinski definition) is 5. The Labute approximate surface area is 187 Å². The molecule has 0 unspecified atom stereocenters. The van der Waals surface area contributed by atoms with E-state index in [1.165, 1.54) is 12.1 Å². The van der Waals surface area contributed by atoms with Crippen LogP contribution in [0.25, 0.3) is 0 Å². The normalized spacial score (nSPS) is 13.8. The quantitative estimate of drug-likeness (QED) is 0.359. The molecule has 2 aromatic carbocycles. The molecule has 0 saturated heterocycles. The summed E-state index contributed by atoms with van der Waals surface area (Å²) < 4.78 is 0. The molecule has 0 aliphatic heterocycles. The number of carboxylic acid groups (broad SMARTS) is 1. The van der Waals surface area contributed by atoms with Crippen LogP contribution in [0.5, 0.6) is 5.75 Å². The number of phenolic OH excluding ortho intramolecular Hbond substituents is 1. The van der Waals surface area contributed by atoms with Crippen molar-refractivity contribution in [2.45, 2.75) is 51.2 Å². The van der Waals surface area contributed by atoms with Gasteiger partial charge in [-0.3, -0.25) is 9.59 Å². The molecule has 172 valence electrons. The van der Waals surface area contributed by atoms with Gasteiger partial charge in [-0.2, -0.15) is 0 Å². The Morgan fingerprint density at radius 3 is 1.97 bits per heavy atom. The molecule has 0 aliphatic carbocycles. The molecule has 0 fully saturated rings. The molecule has 0 heterocycles. The van der Waals surface area contributed by atoms with Crippen molar-refractivity contribution < 1.29 is 24.6 Å². The fraction of sp³-hybridized carbons (Fsp3) is 0.375. The van der Waals surface area contributed by atoms with Crippen LogP contribution < -0.4 is 16.4 Å². The van der Waals surface area contributed by atoms with Crippen LogP contribution in [0.2, 0.25) is 0 Å². The predicted octanol–water partition coefficient (Wildman–Crippen LogP) is 1.61. The molecule has 3 atom stereocenters. The number of carbonyl (C=O) groups is 3. The van der Waals surface area contributed by atoms with Crippen LogP contribution in [0, 0.1) is 5.92 Å². The van der Waals surface area contributed by atoms with E-state index in [-0.39, 0.29) is 24.5 Å². The number of rotatable bonds is 11. The van der Waals surface area contributed by atoms with Gasteiger partial charge in [0.25, 0.3) is 0 Å². The molecule has 2 amide bonds. The Morgan fingerprint density at radius 1 is 0.844 bits per heavy atom. The van der Waals surface area contributed by atoms with Crippen LogP contribution >= 0.6 is 0 Å². The minimum atomic E-state index is -1.14. The van der Waals surface area contributed by atoms with Gasteiger partial charge in [-0.25, -0.2) is 4.79 Å². The van der Waals surface area contributed by atoms with E-state index in [4.69, 9.17) is 5.73 Å². The highest BCUT2D eigenvalue weighted by atomic mass is 16.4. The zero-order chi connectivity index (χ0) is 23.7. The molecule has 32 heavy (non-hydrogen) atoms. The molecule has 6 N–H and O–H groups in total. The summed E-state index contributed by atoms with van der Waals surface area (Å²) in [5.41, 5.74) is 7.63. The number of nitrogens with two attached hydrogens (primary N) is 1. The number of hydrogen-bond donors (Lipinski definition) is 5. The first-order valence-electron chi connectivity index (χ1n) is 10.6. The maximum atomic E-state index is 12.9. The Kier molecular flexibility index (Phi) is 9.22. The van der Waals surface area contributed by atoms with Crippen molar-refractivity contribution in [2.75, 3.05) is 0 Å². The summed E-state index contributed by atoms with van der Waals surface area (Å²) in [6.45, 7) is 3.72. The van der Waals surface area contributed by atoms with Crippen LogP contribution in [0.15, 0.2) is 54.6 Å². The van der Waals surface area contributed by atoms with Crippen LogP contribution in [-0.4, -0.2) is 46.1 Å². The molecular weight excluding hydrogens is 410 g/mol. The molecule has 8 nitrogen and oxygen atoms in total. The van der Waals surface area contributed by atoms with Gasteiger partial charge in [0.1, 0.15) is 17.8 Å². The highest BCUT2D eigenvalue weighted by Gasteiger charge is 2.28. The summed E-state index contributed by atoms with van der Waals surface area (Å²) in [6.07, 6.45) is 0.670. The highest BCUT2D eigenvalue weighted by Crippen LogP contribution is 2.13. The second-order valence-corrected chi connectivity index (χ2v) is 8.26. The Hall–Kier alpha value is -3.39. The van der Waals surface area contributed by atoms with Crippen molar-refractivity contribution in [3.05, 3.63) is 65.7 Å². The van der Waals surface area contributed by atoms with E-state index in [0.717, 1.165) is 5.56 Å². The second-order valence-electron chi connectivity index (χ2n) is 8.26. The minimum absolute atomic E-state index is 0.0563. The van der Waals surface area contributed by atoms with Gasteiger partial charge in [0.2, 0.25) is 11.8 Å². The van der Waals surface area contributed by atoms with Crippen LogP contribution in [0.4, 0.5) is 0 Å². The lowest BCUT2D eigenvalue weighted by Gasteiger charge is -2.24. The van der Waals surface area contributed by atoms with E-state index in [1.54, 1.807) is 12.1 Å². The first-order valence-corrected chi connectivity index (χ1v) is 10.6. The average Bonchev–Trinajstić information content (AvgIpc) is 2.74. The van der Waals surface area contributed by atoms with Crippen molar-refractivity contribution in [2.24, 2.45) is 11.7 Å². The van der Waals surface area contributed by atoms with Gasteiger partial charge in [0, 0.05) is 6.42 Å². The third kappa shape index (κ3) is 8.03. The first-order chi connectivity index (χ1) is 15.2. The van der Waals surface area contributed by atoms with Crippen molar-refractivity contribution >= 4 is 17.8 Å². The summed E-state index contributed by atoms with van der Waals surface area (Å²) >= 11 is 0. The monoisotopic (exact) mass is 441 g/mol. The van der Waals surface area contributed by atoms with E-state index in [2.05, 4.69) is 10.6 Å². The zero-order valence-electron chi connectivity index (χ0n) is 18.3. The summed E-state index contributed by atoms with van der Waals surface area (Å²) in [5.74, 6) is -2.12. The van der Waals surface area contributed by atoms with Crippen molar-refractivity contribution in [3.8, 4) is 5.75 Å². The first kappa shape index (κ1) is 24.9. The molecule has 8 heteroatoms. The fourth-order valence-corrected chi connectivity index (χ4v) is 3.28. The minimum Gasteiger partial charge on any atom is -0.508 e. The number of carbonyl (C=O) groups excluding carboxylic acids is 2. The van der Waals surface area contributed by atoms with E-state index >= 15 is 0 Å². The largest absolute Gasteiger partial charge is 0.508 e. The maximum Gasteiger partial charge on any atom is 0.326 e. The summed E-state index contributed by atoms with van der Waals surface area (Å²) in [4.78, 5) is 37.3. The molecule has 0 bridgehead atoms. The summed E-state index contributed by atoms with van der Waals surface area (Å²) in [5, 5.41) is 24.1. The lowest BCUT2D eigenvalue weighted by molar-refractivity contribution is -0.142. The van der Waals surface area contributed by atoms with Crippen LogP contribution in [0.1, 0.15) is 31.4 Å². The van der Waals surface area contributed by atoms with E-state index in [9.17, 15) is 24.6 Å². The van der Waals surface area contributed by atoms with Gasteiger partial charge in [0.05, 0.1) is 6.04 Å². The van der Waals surface area contributed by atoms with Crippen LogP contribution in [-0.2, 0) is 27.2 Å². The molecule has 2 rings (SSSR count). The lowest BCUT2D eigenvalue weighted by atomic mass is 10.0. The topological polar surface area (TPSA) is 142 Å². The fourth-order valence-electron chi connectivity index (χ4n) is 3.28. The van der Waals surface area contributed by atoms with E-state index < -0.39 is 35.9 Å². The van der Waals surface area contributed by atoms with Gasteiger partial charge in [-0.1, -0.05) is 56.3 Å². The Morgan fingerprint density at radius 2 is 1.41 bits per heavy atom. The van der Waals surface area contributed by atoms with Gasteiger partial charge >= 0.3 is 5.97 Å². The van der Waals surface area contributed by atoms with E-state index in [0.29, 0.717) is 12.0 Å². The smallest absolute Gasteiger partial charge is 0.326 e. The van der Waals surface area contributed by atoms with Crippen molar-refractivity contribution in [1.29, 1.82) is 0 Å². The van der Waals surface area contributed by atoms with E-state index in [1.807, 2.05) is 44.2 Å². The number of nitrogens with one attached hydrogen (secondary N) is 2. The number of aromatic hydroxyl groups is 1. The molecule has 2 aromatic rings. The van der Waals surface area contributed by atoms with Crippen LogP contribution in [0.3, 0.4) is 0 Å². The van der Waals surface area contributed by atoms with Gasteiger partial charge in [0.15, 0.2) is 0 Å². The molecule has 0 radical (unpaired) electrons. The van der Waals surface area contributed by atoms with Gasteiger partial charge < -0.3 is 26.6 Å². The average molecular weight is 442 g/mol. The molecule has 0 saturated carbocycles. The second kappa shape index (κ2) is 11.9. The third-order valence-corrected chi connectivity index (χ3v) is 4.97. The molecule has 0 aliphatic rings. The number of benzene rings is 2.